The van der Waals surface area contributed by atoms with Crippen molar-refractivity contribution in [3.05, 3.63) is 59.1 Å². The summed E-state index contributed by atoms with van der Waals surface area (Å²) in [5.74, 6) is -0.523. The fraction of sp³-hybridized carbons (Fsp3) is 0.231. The summed E-state index contributed by atoms with van der Waals surface area (Å²) in [4.78, 5) is 0. The Morgan fingerprint density at radius 1 is 1.22 bits per heavy atom. The van der Waals surface area contributed by atoms with Crippen molar-refractivity contribution in [3.8, 4) is 0 Å². The molecule has 1 heterocycles. The zero-order chi connectivity index (χ0) is 13.1. The summed E-state index contributed by atoms with van der Waals surface area (Å²) in [5, 5.41) is 0. The first-order valence-corrected chi connectivity index (χ1v) is 5.40. The lowest BCUT2D eigenvalue weighted by atomic mass is 10.0. The minimum Gasteiger partial charge on any atom is -0.462 e. The normalized spacial score (nSPS) is 12.7. The molecule has 2 N–H and O–H groups in total. The third kappa shape index (κ3) is 2.42. The van der Waals surface area contributed by atoms with E-state index >= 15 is 0 Å². The van der Waals surface area contributed by atoms with Crippen molar-refractivity contribution in [3.63, 3.8) is 0 Å². The topological polar surface area (TPSA) is 48.4 Å². The zero-order valence-electron chi connectivity index (χ0n) is 9.82. The molecule has 0 fully saturated rings. The van der Waals surface area contributed by atoms with Crippen LogP contribution in [0.15, 0.2) is 34.7 Å². The zero-order valence-corrected chi connectivity index (χ0v) is 9.82. The van der Waals surface area contributed by atoms with E-state index in [-0.39, 0.29) is 12.2 Å². The molecule has 0 aliphatic carbocycles. The van der Waals surface area contributed by atoms with Gasteiger partial charge in [-0.1, -0.05) is 6.07 Å². The molecule has 1 unspecified atom stereocenters. The molecule has 0 saturated carbocycles. The number of methoxy groups -OCH3 is 1. The van der Waals surface area contributed by atoms with E-state index in [2.05, 4.69) is 0 Å². The van der Waals surface area contributed by atoms with Gasteiger partial charge in [-0.15, -0.1) is 0 Å². The van der Waals surface area contributed by atoms with E-state index in [0.29, 0.717) is 11.5 Å². The van der Waals surface area contributed by atoms with Crippen molar-refractivity contribution in [1.82, 2.24) is 0 Å². The van der Waals surface area contributed by atoms with Gasteiger partial charge in [-0.25, -0.2) is 8.78 Å². The van der Waals surface area contributed by atoms with Crippen LogP contribution in [0.3, 0.4) is 0 Å². The van der Waals surface area contributed by atoms with Gasteiger partial charge in [0.2, 0.25) is 0 Å². The van der Waals surface area contributed by atoms with Crippen molar-refractivity contribution in [1.29, 1.82) is 0 Å². The molecule has 0 spiro atoms. The van der Waals surface area contributed by atoms with Gasteiger partial charge in [-0.2, -0.15) is 0 Å². The molecule has 0 bridgehead atoms. The number of rotatable bonds is 4. The number of hydrogen-bond acceptors (Lipinski definition) is 3. The Bertz CT molecular complexity index is 519. The quantitative estimate of drug-likeness (QED) is 0.911. The van der Waals surface area contributed by atoms with Gasteiger partial charge in [0, 0.05) is 12.7 Å². The number of benzene rings is 1. The third-order valence-electron chi connectivity index (χ3n) is 2.59. The average Bonchev–Trinajstić information content (AvgIpc) is 2.78. The van der Waals surface area contributed by atoms with Crippen LogP contribution in [0, 0.1) is 11.6 Å². The Balaban J connectivity index is 2.32. The summed E-state index contributed by atoms with van der Waals surface area (Å²) >= 11 is 0. The van der Waals surface area contributed by atoms with Crippen LogP contribution in [0.5, 0.6) is 0 Å². The Kier molecular flexibility index (Phi) is 3.74. The summed E-state index contributed by atoms with van der Waals surface area (Å²) in [6, 6.07) is 5.90. The second-order valence-electron chi connectivity index (χ2n) is 3.85. The summed E-state index contributed by atoms with van der Waals surface area (Å²) in [6.45, 7) is 0.284. The smallest absolute Gasteiger partial charge is 0.131 e. The monoisotopic (exact) mass is 253 g/mol. The molecule has 2 aromatic rings. The second kappa shape index (κ2) is 5.29. The van der Waals surface area contributed by atoms with Crippen molar-refractivity contribution < 1.29 is 17.9 Å². The van der Waals surface area contributed by atoms with E-state index in [0.717, 1.165) is 12.1 Å². The Labute approximate surface area is 103 Å². The van der Waals surface area contributed by atoms with Crippen molar-refractivity contribution in [2.45, 2.75) is 12.6 Å². The molecule has 18 heavy (non-hydrogen) atoms. The molecular formula is C13H13F2NO2. The average molecular weight is 253 g/mol. The molecular weight excluding hydrogens is 240 g/mol. The lowest BCUT2D eigenvalue weighted by molar-refractivity contribution is 0.162. The summed E-state index contributed by atoms with van der Waals surface area (Å²) in [7, 11) is 1.53. The van der Waals surface area contributed by atoms with Crippen LogP contribution in [-0.2, 0) is 11.3 Å². The highest BCUT2D eigenvalue weighted by Gasteiger charge is 2.20. The predicted molar refractivity (Wildman–Crippen MR) is 61.8 cm³/mol. The van der Waals surface area contributed by atoms with Gasteiger partial charge in [0.05, 0.1) is 6.04 Å². The van der Waals surface area contributed by atoms with Crippen molar-refractivity contribution in [2.24, 2.45) is 5.73 Å². The highest BCUT2D eigenvalue weighted by atomic mass is 19.1. The molecule has 0 aliphatic heterocycles. The number of furan rings is 1. The SMILES string of the molecule is COCc1ccc(C(N)c2c(F)cccc2F)o1. The maximum Gasteiger partial charge on any atom is 0.131 e. The minimum absolute atomic E-state index is 0.198. The van der Waals surface area contributed by atoms with Crippen molar-refractivity contribution in [2.75, 3.05) is 7.11 Å². The summed E-state index contributed by atoms with van der Waals surface area (Å²) < 4.78 is 37.4. The van der Waals surface area contributed by atoms with E-state index in [1.54, 1.807) is 12.1 Å². The molecule has 5 heteroatoms. The number of nitrogens with two attached hydrogens (primary N) is 1. The standard InChI is InChI=1S/C13H13F2NO2/c1-17-7-8-5-6-11(18-8)13(16)12-9(14)3-2-4-10(12)15/h2-6,13H,7,16H2,1H3. The highest BCUT2D eigenvalue weighted by Crippen LogP contribution is 2.26. The van der Waals surface area contributed by atoms with Gasteiger partial charge in [0.1, 0.15) is 29.8 Å². The van der Waals surface area contributed by atoms with Gasteiger partial charge in [-0.05, 0) is 24.3 Å². The fourth-order valence-corrected chi connectivity index (χ4v) is 1.73. The van der Waals surface area contributed by atoms with Crippen LogP contribution in [0.2, 0.25) is 0 Å². The molecule has 0 saturated heterocycles. The predicted octanol–water partition coefficient (Wildman–Crippen LogP) is 2.75. The number of ether oxygens (including phenoxy) is 1. The van der Waals surface area contributed by atoms with Gasteiger partial charge in [-0.3, -0.25) is 0 Å². The molecule has 0 aliphatic rings. The lowest BCUT2D eigenvalue weighted by Crippen LogP contribution is -2.14. The third-order valence-corrected chi connectivity index (χ3v) is 2.59. The molecule has 2 rings (SSSR count). The fourth-order valence-electron chi connectivity index (χ4n) is 1.73. The number of hydrogen-bond donors (Lipinski definition) is 1. The number of halogens is 2. The van der Waals surface area contributed by atoms with Crippen molar-refractivity contribution >= 4 is 0 Å². The van der Waals surface area contributed by atoms with Crippen LogP contribution in [0.1, 0.15) is 23.1 Å². The van der Waals surface area contributed by atoms with E-state index in [1.807, 2.05) is 0 Å². The second-order valence-corrected chi connectivity index (χ2v) is 3.85. The molecule has 3 nitrogen and oxygen atoms in total. The Hall–Kier alpha value is -1.72. The van der Waals surface area contributed by atoms with E-state index in [1.165, 1.54) is 13.2 Å². The van der Waals surface area contributed by atoms with Gasteiger partial charge >= 0.3 is 0 Å². The van der Waals surface area contributed by atoms with E-state index in [9.17, 15) is 8.78 Å². The Morgan fingerprint density at radius 2 is 1.89 bits per heavy atom. The molecule has 0 amide bonds. The van der Waals surface area contributed by atoms with Crippen LogP contribution in [0.25, 0.3) is 0 Å². The van der Waals surface area contributed by atoms with Crippen LogP contribution in [0.4, 0.5) is 8.78 Å². The molecule has 1 atom stereocenters. The van der Waals surface area contributed by atoms with Gasteiger partial charge < -0.3 is 14.9 Å². The first kappa shape index (κ1) is 12.7. The van der Waals surface area contributed by atoms with Gasteiger partial charge in [0.15, 0.2) is 0 Å². The lowest BCUT2D eigenvalue weighted by Gasteiger charge is -2.11. The molecule has 96 valence electrons. The van der Waals surface area contributed by atoms with E-state index in [4.69, 9.17) is 14.9 Å². The highest BCUT2D eigenvalue weighted by molar-refractivity contribution is 5.29. The molecule has 1 aromatic heterocycles. The first-order valence-electron chi connectivity index (χ1n) is 5.40. The van der Waals surface area contributed by atoms with Crippen LogP contribution in [-0.4, -0.2) is 7.11 Å². The minimum atomic E-state index is -0.975. The first-order chi connectivity index (χ1) is 8.63. The van der Waals surface area contributed by atoms with Gasteiger partial charge in [0.25, 0.3) is 0 Å². The Morgan fingerprint density at radius 3 is 2.50 bits per heavy atom. The maximum absolute atomic E-state index is 13.6. The molecule has 1 aromatic carbocycles. The largest absolute Gasteiger partial charge is 0.462 e. The van der Waals surface area contributed by atoms with E-state index < -0.39 is 17.7 Å². The summed E-state index contributed by atoms with van der Waals surface area (Å²) in [5.41, 5.74) is 5.61. The molecule has 0 radical (unpaired) electrons. The van der Waals surface area contributed by atoms with Crippen LogP contribution < -0.4 is 5.73 Å². The maximum atomic E-state index is 13.6. The van der Waals surface area contributed by atoms with Crippen LogP contribution >= 0.6 is 0 Å². The summed E-state index contributed by atoms with van der Waals surface area (Å²) in [6.07, 6.45) is 0.